The van der Waals surface area contributed by atoms with Gasteiger partial charge in [0.2, 0.25) is 0 Å². The Morgan fingerprint density at radius 3 is 2.14 bits per heavy atom. The van der Waals surface area contributed by atoms with E-state index in [1.54, 1.807) is 0 Å². The third kappa shape index (κ3) is 4.67. The summed E-state index contributed by atoms with van der Waals surface area (Å²) in [6, 6.07) is 9.67. The van der Waals surface area contributed by atoms with Gasteiger partial charge < -0.3 is 5.32 Å². The maximum atomic E-state index is 3.87. The molecule has 0 spiro atoms. The molecule has 21 heavy (non-hydrogen) atoms. The lowest BCUT2D eigenvalue weighted by Gasteiger charge is -2.24. The zero-order valence-electron chi connectivity index (χ0n) is 13.2. The van der Waals surface area contributed by atoms with Gasteiger partial charge in [0.1, 0.15) is 0 Å². The maximum absolute atomic E-state index is 3.87. The normalized spacial score (nSPS) is 21.9. The molecule has 0 atom stereocenters. The smallest absolute Gasteiger partial charge is 0.0480 e. The molecule has 1 N–H and O–H groups in total. The highest BCUT2D eigenvalue weighted by Gasteiger charge is 2.18. The molecule has 0 radical (unpaired) electrons. The molecule has 0 amide bonds. The molecule has 0 aliphatic heterocycles. The molecule has 2 heteroatoms. The second kappa shape index (κ2) is 8.12. The summed E-state index contributed by atoms with van der Waals surface area (Å²) < 4.78 is 0. The lowest BCUT2D eigenvalue weighted by atomic mass is 9.96. The van der Waals surface area contributed by atoms with E-state index in [0.717, 1.165) is 5.25 Å². The summed E-state index contributed by atoms with van der Waals surface area (Å²) in [5.74, 6) is 0. The van der Waals surface area contributed by atoms with Gasteiger partial charge in [0.25, 0.3) is 0 Å². The molecule has 0 bridgehead atoms. The molecular formula is C19H29NS. The van der Waals surface area contributed by atoms with Crippen LogP contribution in [0.5, 0.6) is 0 Å². The van der Waals surface area contributed by atoms with E-state index in [1.807, 2.05) is 0 Å². The van der Waals surface area contributed by atoms with Crippen molar-refractivity contribution in [1.82, 2.24) is 0 Å². The lowest BCUT2D eigenvalue weighted by molar-refractivity contribution is 0.471. The highest BCUT2D eigenvalue weighted by atomic mass is 32.2. The van der Waals surface area contributed by atoms with Crippen molar-refractivity contribution in [1.29, 1.82) is 0 Å². The van der Waals surface area contributed by atoms with E-state index in [2.05, 4.69) is 41.3 Å². The van der Waals surface area contributed by atoms with E-state index in [-0.39, 0.29) is 0 Å². The van der Waals surface area contributed by atoms with Gasteiger partial charge in [0.05, 0.1) is 0 Å². The highest BCUT2D eigenvalue weighted by Crippen LogP contribution is 2.38. The van der Waals surface area contributed by atoms with E-state index >= 15 is 0 Å². The number of thioether (sulfide) groups is 1. The monoisotopic (exact) mass is 303 g/mol. The summed E-state index contributed by atoms with van der Waals surface area (Å²) in [4.78, 5) is 1.48. The van der Waals surface area contributed by atoms with Gasteiger partial charge in [0, 0.05) is 21.9 Å². The van der Waals surface area contributed by atoms with E-state index in [9.17, 15) is 0 Å². The molecule has 1 nitrogen and oxygen atoms in total. The number of hydrogen-bond donors (Lipinski definition) is 1. The van der Waals surface area contributed by atoms with Gasteiger partial charge in [-0.2, -0.15) is 0 Å². The molecule has 0 heterocycles. The fourth-order valence-electron chi connectivity index (χ4n) is 3.69. The Balaban J connectivity index is 1.63. The van der Waals surface area contributed by atoms with Gasteiger partial charge in [-0.1, -0.05) is 57.1 Å². The van der Waals surface area contributed by atoms with Crippen LogP contribution in [-0.2, 0) is 0 Å². The summed E-state index contributed by atoms with van der Waals surface area (Å²) in [6.07, 6.45) is 15.5. The fourth-order valence-corrected chi connectivity index (χ4v) is 5.03. The zero-order chi connectivity index (χ0) is 14.3. The summed E-state index contributed by atoms with van der Waals surface area (Å²) in [5.41, 5.74) is 1.39. The number of hydrogen-bond acceptors (Lipinski definition) is 2. The van der Waals surface area contributed by atoms with E-state index in [1.165, 1.54) is 81.2 Å². The molecule has 3 rings (SSSR count). The van der Waals surface area contributed by atoms with Gasteiger partial charge in [-0.05, 0) is 37.8 Å². The van der Waals surface area contributed by atoms with Gasteiger partial charge in [0.15, 0.2) is 0 Å². The molecular weight excluding hydrogens is 274 g/mol. The first-order valence-corrected chi connectivity index (χ1v) is 9.82. The van der Waals surface area contributed by atoms with Crippen molar-refractivity contribution in [3.05, 3.63) is 24.3 Å². The van der Waals surface area contributed by atoms with Crippen LogP contribution in [0, 0.1) is 0 Å². The molecule has 2 aliphatic rings. The van der Waals surface area contributed by atoms with Crippen LogP contribution in [0.2, 0.25) is 0 Å². The van der Waals surface area contributed by atoms with Gasteiger partial charge in [-0.15, -0.1) is 11.8 Å². The zero-order valence-corrected chi connectivity index (χ0v) is 14.0. The minimum absolute atomic E-state index is 0.690. The summed E-state index contributed by atoms with van der Waals surface area (Å²) in [5, 5.41) is 4.72. The van der Waals surface area contributed by atoms with Crippen LogP contribution in [0.1, 0.15) is 70.6 Å². The number of para-hydroxylation sites is 1. The first-order valence-electron chi connectivity index (χ1n) is 8.94. The van der Waals surface area contributed by atoms with Crippen LogP contribution in [0.3, 0.4) is 0 Å². The molecule has 0 aromatic heterocycles. The Bertz CT molecular complexity index is 417. The first kappa shape index (κ1) is 15.3. The minimum atomic E-state index is 0.690. The Labute approximate surface area is 134 Å². The van der Waals surface area contributed by atoms with Crippen molar-refractivity contribution in [3.63, 3.8) is 0 Å². The third-order valence-corrected chi connectivity index (χ3v) is 6.36. The molecule has 0 saturated heterocycles. The van der Waals surface area contributed by atoms with E-state index in [4.69, 9.17) is 0 Å². The standard InChI is InChI=1S/C19H29NS/c1-2-4-10-16(11-5-3-1)20-18-14-8-9-15-19(18)21-17-12-6-7-13-17/h8-9,14-17,20H,1-7,10-13H2. The predicted molar refractivity (Wildman–Crippen MR) is 94.3 cm³/mol. The van der Waals surface area contributed by atoms with Crippen LogP contribution in [0.4, 0.5) is 5.69 Å². The first-order chi connectivity index (χ1) is 10.4. The molecule has 1 aromatic rings. The van der Waals surface area contributed by atoms with E-state index < -0.39 is 0 Å². The van der Waals surface area contributed by atoms with Crippen molar-refractivity contribution in [3.8, 4) is 0 Å². The fraction of sp³-hybridized carbons (Fsp3) is 0.684. The van der Waals surface area contributed by atoms with E-state index in [0.29, 0.717) is 6.04 Å². The quantitative estimate of drug-likeness (QED) is 0.706. The molecule has 1 aromatic carbocycles. The number of anilines is 1. The average Bonchev–Trinajstić information content (AvgIpc) is 2.96. The van der Waals surface area contributed by atoms with Crippen LogP contribution in [0.15, 0.2) is 29.2 Å². The van der Waals surface area contributed by atoms with Gasteiger partial charge >= 0.3 is 0 Å². The van der Waals surface area contributed by atoms with Crippen molar-refractivity contribution in [2.24, 2.45) is 0 Å². The molecule has 2 saturated carbocycles. The largest absolute Gasteiger partial charge is 0.381 e. The number of rotatable bonds is 4. The molecule has 0 unspecified atom stereocenters. The second-order valence-electron chi connectivity index (χ2n) is 6.71. The molecule has 2 aliphatic carbocycles. The lowest BCUT2D eigenvalue weighted by Crippen LogP contribution is -2.21. The minimum Gasteiger partial charge on any atom is -0.381 e. The van der Waals surface area contributed by atoms with Gasteiger partial charge in [-0.25, -0.2) is 0 Å². The Kier molecular flexibility index (Phi) is 5.91. The van der Waals surface area contributed by atoms with Crippen molar-refractivity contribution >= 4 is 17.4 Å². The topological polar surface area (TPSA) is 12.0 Å². The van der Waals surface area contributed by atoms with Crippen molar-refractivity contribution in [2.45, 2.75) is 86.8 Å². The highest BCUT2D eigenvalue weighted by molar-refractivity contribution is 8.00. The SMILES string of the molecule is c1ccc(SC2CCCC2)c(NC2CCCCCCC2)c1. The Morgan fingerprint density at radius 2 is 1.38 bits per heavy atom. The summed E-state index contributed by atoms with van der Waals surface area (Å²) >= 11 is 2.11. The maximum Gasteiger partial charge on any atom is 0.0480 e. The van der Waals surface area contributed by atoms with Crippen LogP contribution >= 0.6 is 11.8 Å². The Morgan fingerprint density at radius 1 is 0.762 bits per heavy atom. The number of nitrogens with one attached hydrogen (secondary N) is 1. The van der Waals surface area contributed by atoms with Crippen molar-refractivity contribution in [2.75, 3.05) is 5.32 Å². The van der Waals surface area contributed by atoms with Crippen LogP contribution in [0.25, 0.3) is 0 Å². The second-order valence-corrected chi connectivity index (χ2v) is 8.05. The van der Waals surface area contributed by atoms with Crippen LogP contribution < -0.4 is 5.32 Å². The number of benzene rings is 1. The molecule has 2 fully saturated rings. The van der Waals surface area contributed by atoms with Crippen molar-refractivity contribution < 1.29 is 0 Å². The third-order valence-electron chi connectivity index (χ3n) is 4.95. The van der Waals surface area contributed by atoms with Gasteiger partial charge in [-0.3, -0.25) is 0 Å². The molecule has 116 valence electrons. The predicted octanol–water partition coefficient (Wildman–Crippen LogP) is 6.25. The van der Waals surface area contributed by atoms with Crippen LogP contribution in [-0.4, -0.2) is 11.3 Å². The average molecular weight is 304 g/mol. The Hall–Kier alpha value is -0.630. The summed E-state index contributed by atoms with van der Waals surface area (Å²) in [7, 11) is 0. The summed E-state index contributed by atoms with van der Waals surface area (Å²) in [6.45, 7) is 0.